The van der Waals surface area contributed by atoms with Crippen LogP contribution < -0.4 is 10.6 Å². The van der Waals surface area contributed by atoms with E-state index < -0.39 is 0 Å². The maximum atomic E-state index is 5.71. The third-order valence-electron chi connectivity index (χ3n) is 3.57. The molecular formula is C18H24N2. The van der Waals surface area contributed by atoms with E-state index in [0.717, 1.165) is 12.2 Å². The van der Waals surface area contributed by atoms with Crippen molar-refractivity contribution in [1.29, 1.82) is 0 Å². The molecule has 0 saturated heterocycles. The molecule has 0 aliphatic rings. The Balaban J connectivity index is 2.09. The van der Waals surface area contributed by atoms with Gasteiger partial charge in [-0.15, -0.1) is 0 Å². The number of anilines is 2. The van der Waals surface area contributed by atoms with Crippen LogP contribution in [0.2, 0.25) is 0 Å². The zero-order valence-electron chi connectivity index (χ0n) is 12.9. The molecule has 2 aromatic carbocycles. The van der Waals surface area contributed by atoms with Gasteiger partial charge in [-0.3, -0.25) is 0 Å². The van der Waals surface area contributed by atoms with Gasteiger partial charge in [0.2, 0.25) is 0 Å². The highest BCUT2D eigenvalue weighted by Crippen LogP contribution is 2.25. The molecule has 2 rings (SSSR count). The van der Waals surface area contributed by atoms with E-state index in [4.69, 9.17) is 5.73 Å². The lowest BCUT2D eigenvalue weighted by molar-refractivity contribution is 0.590. The van der Waals surface area contributed by atoms with Gasteiger partial charge in [0.15, 0.2) is 0 Å². The number of rotatable bonds is 3. The van der Waals surface area contributed by atoms with Crippen molar-refractivity contribution in [2.75, 3.05) is 17.7 Å². The van der Waals surface area contributed by atoms with E-state index in [-0.39, 0.29) is 5.41 Å². The van der Waals surface area contributed by atoms with Crippen molar-refractivity contribution < 1.29 is 0 Å². The molecule has 2 nitrogen and oxygen atoms in total. The molecule has 0 fully saturated rings. The summed E-state index contributed by atoms with van der Waals surface area (Å²) in [6, 6.07) is 16.9. The summed E-state index contributed by atoms with van der Waals surface area (Å²) < 4.78 is 0. The summed E-state index contributed by atoms with van der Waals surface area (Å²) in [6.07, 6.45) is 0. The smallest absolute Gasteiger partial charge is 0.0426 e. The molecule has 0 aliphatic carbocycles. The minimum atomic E-state index is 0.202. The van der Waals surface area contributed by atoms with Crippen molar-refractivity contribution in [2.24, 2.45) is 0 Å². The van der Waals surface area contributed by atoms with Crippen LogP contribution in [0.3, 0.4) is 0 Å². The summed E-state index contributed by atoms with van der Waals surface area (Å²) in [5, 5.41) is 0. The van der Waals surface area contributed by atoms with Crippen LogP contribution in [0.1, 0.15) is 31.9 Å². The first kappa shape index (κ1) is 14.4. The molecule has 0 unspecified atom stereocenters. The van der Waals surface area contributed by atoms with Gasteiger partial charge in [0.25, 0.3) is 0 Å². The van der Waals surface area contributed by atoms with E-state index in [1.54, 1.807) is 0 Å². The Bertz CT molecular complexity index is 547. The van der Waals surface area contributed by atoms with Gasteiger partial charge in [-0.2, -0.15) is 0 Å². The Morgan fingerprint density at radius 1 is 0.900 bits per heavy atom. The predicted molar refractivity (Wildman–Crippen MR) is 88.1 cm³/mol. The second-order valence-corrected chi connectivity index (χ2v) is 6.39. The minimum absolute atomic E-state index is 0.202. The second kappa shape index (κ2) is 5.58. The first-order chi connectivity index (χ1) is 9.36. The molecule has 0 aliphatic heterocycles. The first-order valence-electron chi connectivity index (χ1n) is 7.02. The molecule has 0 radical (unpaired) electrons. The lowest BCUT2D eigenvalue weighted by Crippen LogP contribution is -2.17. The average Bonchev–Trinajstić information content (AvgIpc) is 2.40. The number of hydrogen-bond donors (Lipinski definition) is 1. The fourth-order valence-electron chi connectivity index (χ4n) is 2.20. The average molecular weight is 268 g/mol. The maximum Gasteiger partial charge on any atom is 0.0426 e. The van der Waals surface area contributed by atoms with Gasteiger partial charge < -0.3 is 10.6 Å². The Kier molecular flexibility index (Phi) is 4.03. The molecule has 0 spiro atoms. The van der Waals surface area contributed by atoms with E-state index in [1.807, 2.05) is 12.1 Å². The summed E-state index contributed by atoms with van der Waals surface area (Å²) in [6.45, 7) is 7.59. The van der Waals surface area contributed by atoms with E-state index in [1.165, 1.54) is 16.8 Å². The van der Waals surface area contributed by atoms with Gasteiger partial charge in [-0.1, -0.05) is 45.0 Å². The maximum absolute atomic E-state index is 5.71. The predicted octanol–water partition coefficient (Wildman–Crippen LogP) is 4.20. The minimum Gasteiger partial charge on any atom is -0.399 e. The summed E-state index contributed by atoms with van der Waals surface area (Å²) in [5.41, 5.74) is 10.6. The lowest BCUT2D eigenvalue weighted by Gasteiger charge is -2.23. The van der Waals surface area contributed by atoms with Crippen LogP contribution >= 0.6 is 0 Å². The third-order valence-corrected chi connectivity index (χ3v) is 3.57. The van der Waals surface area contributed by atoms with Gasteiger partial charge >= 0.3 is 0 Å². The highest BCUT2D eigenvalue weighted by Gasteiger charge is 2.13. The van der Waals surface area contributed by atoms with Crippen molar-refractivity contribution in [3.63, 3.8) is 0 Å². The fraction of sp³-hybridized carbons (Fsp3) is 0.333. The largest absolute Gasteiger partial charge is 0.399 e. The van der Waals surface area contributed by atoms with Gasteiger partial charge in [0.1, 0.15) is 0 Å². The number of hydrogen-bond acceptors (Lipinski definition) is 2. The van der Waals surface area contributed by atoms with Crippen molar-refractivity contribution in [3.8, 4) is 0 Å². The number of benzene rings is 2. The normalized spacial score (nSPS) is 11.4. The van der Waals surface area contributed by atoms with Crippen molar-refractivity contribution >= 4 is 11.4 Å². The lowest BCUT2D eigenvalue weighted by atomic mass is 9.87. The van der Waals surface area contributed by atoms with E-state index in [9.17, 15) is 0 Å². The monoisotopic (exact) mass is 268 g/mol. The third kappa shape index (κ3) is 3.53. The topological polar surface area (TPSA) is 29.3 Å². The van der Waals surface area contributed by atoms with Crippen molar-refractivity contribution in [3.05, 3.63) is 59.7 Å². The molecule has 0 heterocycles. The fourth-order valence-corrected chi connectivity index (χ4v) is 2.20. The SMILES string of the molecule is CN(Cc1ccc(N)cc1)c1ccc(C(C)(C)C)cc1. The number of nitrogens with two attached hydrogens (primary N) is 1. The molecule has 0 bridgehead atoms. The summed E-state index contributed by atoms with van der Waals surface area (Å²) in [4.78, 5) is 2.25. The summed E-state index contributed by atoms with van der Waals surface area (Å²) in [7, 11) is 2.11. The molecule has 0 saturated carbocycles. The molecule has 0 amide bonds. The molecule has 2 aromatic rings. The van der Waals surface area contributed by atoms with Crippen LogP contribution in [0.4, 0.5) is 11.4 Å². The Labute approximate surface area is 122 Å². The molecule has 20 heavy (non-hydrogen) atoms. The van der Waals surface area contributed by atoms with E-state index in [0.29, 0.717) is 0 Å². The number of nitrogen functional groups attached to an aromatic ring is 1. The van der Waals surface area contributed by atoms with Crippen molar-refractivity contribution in [1.82, 2.24) is 0 Å². The van der Waals surface area contributed by atoms with Gasteiger partial charge in [-0.25, -0.2) is 0 Å². The molecule has 0 aromatic heterocycles. The number of nitrogens with zero attached hydrogens (tertiary/aromatic N) is 1. The molecule has 2 N–H and O–H groups in total. The van der Waals surface area contributed by atoms with Crippen LogP contribution in [0, 0.1) is 0 Å². The molecule has 2 heteroatoms. The second-order valence-electron chi connectivity index (χ2n) is 6.39. The summed E-state index contributed by atoms with van der Waals surface area (Å²) >= 11 is 0. The molecule has 106 valence electrons. The Hall–Kier alpha value is -1.96. The first-order valence-corrected chi connectivity index (χ1v) is 7.02. The Morgan fingerprint density at radius 2 is 1.45 bits per heavy atom. The zero-order chi connectivity index (χ0) is 14.8. The highest BCUT2D eigenvalue weighted by atomic mass is 15.1. The van der Waals surface area contributed by atoms with Crippen LogP contribution in [-0.4, -0.2) is 7.05 Å². The van der Waals surface area contributed by atoms with Crippen LogP contribution in [-0.2, 0) is 12.0 Å². The van der Waals surface area contributed by atoms with Crippen LogP contribution in [0.25, 0.3) is 0 Å². The standard InChI is InChI=1S/C18H24N2/c1-18(2,3)15-7-11-17(12-8-15)20(4)13-14-5-9-16(19)10-6-14/h5-12H,13,19H2,1-4H3. The van der Waals surface area contributed by atoms with Crippen LogP contribution in [0.15, 0.2) is 48.5 Å². The summed E-state index contributed by atoms with van der Waals surface area (Å²) in [5.74, 6) is 0. The van der Waals surface area contributed by atoms with Crippen molar-refractivity contribution in [2.45, 2.75) is 32.7 Å². The van der Waals surface area contributed by atoms with Gasteiger partial charge in [0, 0.05) is 25.0 Å². The van der Waals surface area contributed by atoms with E-state index >= 15 is 0 Å². The highest BCUT2D eigenvalue weighted by molar-refractivity contribution is 5.49. The van der Waals surface area contributed by atoms with Gasteiger partial charge in [-0.05, 0) is 40.8 Å². The quantitative estimate of drug-likeness (QED) is 0.845. The zero-order valence-corrected chi connectivity index (χ0v) is 12.9. The molecule has 0 atom stereocenters. The Morgan fingerprint density at radius 3 is 1.95 bits per heavy atom. The van der Waals surface area contributed by atoms with E-state index in [2.05, 4.69) is 69.1 Å². The van der Waals surface area contributed by atoms with Gasteiger partial charge in [0.05, 0.1) is 0 Å². The van der Waals surface area contributed by atoms with Crippen LogP contribution in [0.5, 0.6) is 0 Å². The molecular weight excluding hydrogens is 244 g/mol.